The summed E-state index contributed by atoms with van der Waals surface area (Å²) in [5.74, 6) is -3.45. The van der Waals surface area contributed by atoms with Gasteiger partial charge in [0.05, 0.1) is 6.42 Å². The molecule has 0 saturated carbocycles. The first-order chi connectivity index (χ1) is 21.9. The lowest BCUT2D eigenvalue weighted by molar-refractivity contribution is -0.331. The summed E-state index contributed by atoms with van der Waals surface area (Å²) in [6, 6.07) is 0. The van der Waals surface area contributed by atoms with Crippen LogP contribution in [0.15, 0.2) is 0 Å². The third kappa shape index (κ3) is 29.7. The Labute approximate surface area is 301 Å². The van der Waals surface area contributed by atoms with Gasteiger partial charge in [0, 0.05) is 35.3 Å². The highest BCUT2D eigenvalue weighted by Crippen LogP contribution is 2.25. The third-order valence-electron chi connectivity index (χ3n) is 8.03. The van der Waals surface area contributed by atoms with E-state index < -0.39 is 23.9 Å². The van der Waals surface area contributed by atoms with Crippen molar-refractivity contribution in [3.63, 3.8) is 0 Å². The Kier molecular flexibility index (Phi) is 33.6. The molecule has 0 radical (unpaired) electrons. The Hall–Kier alpha value is -0.150. The number of halogens is 3. The molecule has 0 fully saturated rings. The Morgan fingerprint density at radius 3 is 0.778 bits per heavy atom. The number of carbonyl (C=O) groups is 3. The highest BCUT2D eigenvalue weighted by molar-refractivity contribution is 9.09. The van der Waals surface area contributed by atoms with E-state index in [1.54, 1.807) is 6.92 Å². The van der Waals surface area contributed by atoms with Gasteiger partial charge in [0.25, 0.3) is 0 Å². The molecule has 0 aromatic rings. The summed E-state index contributed by atoms with van der Waals surface area (Å²) in [5, 5.41) is 3.19. The molecular formula is C36H65Br3O6. The fraction of sp³-hybridized carbons (Fsp3) is 0.917. The fourth-order valence-electron chi connectivity index (χ4n) is 5.23. The zero-order valence-corrected chi connectivity index (χ0v) is 33.3. The lowest BCUT2D eigenvalue weighted by Gasteiger charge is -2.30. The minimum atomic E-state index is -1.98. The monoisotopic (exact) mass is 830 g/mol. The molecule has 266 valence electrons. The number of esters is 3. The molecule has 0 spiro atoms. The molecule has 9 heteroatoms. The molecule has 0 aromatic heterocycles. The van der Waals surface area contributed by atoms with Gasteiger partial charge in [0.1, 0.15) is 0 Å². The minimum absolute atomic E-state index is 0.0629. The maximum Gasteiger partial charge on any atom is 0.423 e. The molecule has 0 aliphatic carbocycles. The summed E-state index contributed by atoms with van der Waals surface area (Å²) in [5.41, 5.74) is 0. The predicted octanol–water partition coefficient (Wildman–Crippen LogP) is 12.4. The number of alkyl halides is 3. The van der Waals surface area contributed by atoms with Gasteiger partial charge in [-0.05, 0) is 38.5 Å². The van der Waals surface area contributed by atoms with Crippen molar-refractivity contribution in [2.75, 3.05) is 16.0 Å². The van der Waals surface area contributed by atoms with Crippen molar-refractivity contribution in [1.29, 1.82) is 0 Å². The van der Waals surface area contributed by atoms with Gasteiger partial charge in [0.2, 0.25) is 0 Å². The van der Waals surface area contributed by atoms with Crippen LogP contribution in [0.3, 0.4) is 0 Å². The molecule has 0 N–H and O–H groups in total. The number of ether oxygens (including phenoxy) is 3. The second-order valence-electron chi connectivity index (χ2n) is 12.3. The largest absolute Gasteiger partial charge is 0.423 e. The molecule has 0 aliphatic heterocycles. The van der Waals surface area contributed by atoms with Crippen molar-refractivity contribution in [2.45, 2.75) is 193 Å². The zero-order valence-electron chi connectivity index (χ0n) is 28.5. The molecule has 45 heavy (non-hydrogen) atoms. The van der Waals surface area contributed by atoms with Crippen molar-refractivity contribution < 1.29 is 28.6 Å². The van der Waals surface area contributed by atoms with E-state index in [-0.39, 0.29) is 25.7 Å². The summed E-state index contributed by atoms with van der Waals surface area (Å²) in [6.07, 6.45) is 27.2. The summed E-state index contributed by atoms with van der Waals surface area (Å²) in [7, 11) is 0. The van der Waals surface area contributed by atoms with Gasteiger partial charge >= 0.3 is 23.9 Å². The minimum Gasteiger partial charge on any atom is -0.388 e. The molecule has 0 saturated heterocycles. The lowest BCUT2D eigenvalue weighted by Crippen LogP contribution is -2.44. The highest BCUT2D eigenvalue weighted by atomic mass is 79.9. The van der Waals surface area contributed by atoms with E-state index in [1.807, 2.05) is 0 Å². The van der Waals surface area contributed by atoms with Gasteiger partial charge in [0.15, 0.2) is 0 Å². The molecule has 0 aromatic carbocycles. The van der Waals surface area contributed by atoms with Crippen LogP contribution in [0.1, 0.15) is 187 Å². The summed E-state index contributed by atoms with van der Waals surface area (Å²) in [4.78, 5) is 38.5. The number of carbonyl (C=O) groups excluding carboxylic acids is 3. The number of hydrogen-bond acceptors (Lipinski definition) is 6. The van der Waals surface area contributed by atoms with Crippen LogP contribution in [0, 0.1) is 0 Å². The van der Waals surface area contributed by atoms with Gasteiger partial charge in [-0.3, -0.25) is 14.4 Å². The lowest BCUT2D eigenvalue weighted by atomic mass is 10.1. The first kappa shape index (κ1) is 44.9. The maximum atomic E-state index is 12.8. The van der Waals surface area contributed by atoms with Crippen molar-refractivity contribution in [3.05, 3.63) is 0 Å². The molecule has 0 atom stereocenters. The van der Waals surface area contributed by atoms with E-state index in [0.29, 0.717) is 19.3 Å². The Bertz CT molecular complexity index is 618. The van der Waals surface area contributed by atoms with Crippen molar-refractivity contribution in [3.8, 4) is 0 Å². The van der Waals surface area contributed by atoms with Gasteiger partial charge in [-0.15, -0.1) is 0 Å². The molecule has 0 amide bonds. The maximum absolute atomic E-state index is 12.8. The predicted molar refractivity (Wildman–Crippen MR) is 197 cm³/mol. The van der Waals surface area contributed by atoms with E-state index >= 15 is 0 Å². The molecule has 0 heterocycles. The quantitative estimate of drug-likeness (QED) is 0.0278. The van der Waals surface area contributed by atoms with Crippen LogP contribution in [0.2, 0.25) is 0 Å². The number of unbranched alkanes of at least 4 members (excludes halogenated alkanes) is 21. The van der Waals surface area contributed by atoms with Crippen molar-refractivity contribution in [2.24, 2.45) is 0 Å². The molecule has 0 rings (SSSR count). The van der Waals surface area contributed by atoms with Gasteiger partial charge in [-0.1, -0.05) is 170 Å². The number of rotatable bonds is 34. The van der Waals surface area contributed by atoms with Gasteiger partial charge < -0.3 is 14.2 Å². The van der Waals surface area contributed by atoms with Gasteiger partial charge in [-0.2, -0.15) is 0 Å². The SMILES string of the molecule is CCC(OC(=O)CCCCCCCCCCBr)(OC(=O)CCCCCCCCCCBr)OC(=O)CCCCCCCCCCBr. The fourth-order valence-corrected chi connectivity index (χ4v) is 6.42. The van der Waals surface area contributed by atoms with Crippen molar-refractivity contribution >= 4 is 65.7 Å². The van der Waals surface area contributed by atoms with E-state index in [0.717, 1.165) is 54.5 Å². The molecule has 6 nitrogen and oxygen atoms in total. The first-order valence-electron chi connectivity index (χ1n) is 18.3. The molecule has 0 bridgehead atoms. The Morgan fingerprint density at radius 1 is 0.378 bits per heavy atom. The second kappa shape index (κ2) is 33.7. The molecule has 0 aliphatic rings. The average molecular weight is 834 g/mol. The normalized spacial score (nSPS) is 11.5. The first-order valence-corrected chi connectivity index (χ1v) is 21.6. The van der Waals surface area contributed by atoms with E-state index in [9.17, 15) is 14.4 Å². The topological polar surface area (TPSA) is 78.9 Å². The Morgan fingerprint density at radius 2 is 0.578 bits per heavy atom. The smallest absolute Gasteiger partial charge is 0.388 e. The summed E-state index contributed by atoms with van der Waals surface area (Å²) < 4.78 is 16.9. The van der Waals surface area contributed by atoms with E-state index in [1.165, 1.54) is 96.3 Å². The highest BCUT2D eigenvalue weighted by Gasteiger charge is 2.41. The van der Waals surface area contributed by atoms with Crippen LogP contribution in [0.5, 0.6) is 0 Å². The molecule has 0 unspecified atom stereocenters. The summed E-state index contributed by atoms with van der Waals surface area (Å²) in [6.45, 7) is 1.72. The third-order valence-corrected chi connectivity index (χ3v) is 9.72. The molecular weight excluding hydrogens is 768 g/mol. The summed E-state index contributed by atoms with van der Waals surface area (Å²) >= 11 is 10.4. The van der Waals surface area contributed by atoms with E-state index in [4.69, 9.17) is 14.2 Å². The Balaban J connectivity index is 4.72. The zero-order chi connectivity index (χ0) is 33.3. The van der Waals surface area contributed by atoms with Gasteiger partial charge in [-0.25, -0.2) is 0 Å². The standard InChI is InChI=1S/C36H65Br3O6/c1-2-36(43-33(40)27-21-15-9-3-6-12-18-24-30-37,44-34(41)28-22-16-10-4-7-13-19-25-31-38)45-35(42)29-23-17-11-5-8-14-20-26-32-39/h2-32H2,1H3. The average Bonchev–Trinajstić information content (AvgIpc) is 3.02. The van der Waals surface area contributed by atoms with Crippen LogP contribution >= 0.6 is 47.8 Å². The van der Waals surface area contributed by atoms with Crippen molar-refractivity contribution in [1.82, 2.24) is 0 Å². The van der Waals surface area contributed by atoms with Crippen LogP contribution in [0.4, 0.5) is 0 Å². The van der Waals surface area contributed by atoms with Crippen LogP contribution in [-0.4, -0.2) is 39.9 Å². The van der Waals surface area contributed by atoms with E-state index in [2.05, 4.69) is 47.8 Å². The van der Waals surface area contributed by atoms with Crippen LogP contribution < -0.4 is 0 Å². The second-order valence-corrected chi connectivity index (χ2v) is 14.6. The van der Waals surface area contributed by atoms with Crippen LogP contribution in [-0.2, 0) is 28.6 Å². The number of hydrogen-bond donors (Lipinski definition) is 0. The van der Waals surface area contributed by atoms with Crippen LogP contribution in [0.25, 0.3) is 0 Å².